The summed E-state index contributed by atoms with van der Waals surface area (Å²) in [6, 6.07) is 1.86. The highest BCUT2D eigenvalue weighted by Crippen LogP contribution is 2.17. The first-order chi connectivity index (χ1) is 8.57. The summed E-state index contributed by atoms with van der Waals surface area (Å²) in [6.45, 7) is 6.99. The van der Waals surface area contributed by atoms with E-state index in [-0.39, 0.29) is 11.9 Å². The van der Waals surface area contributed by atoms with Gasteiger partial charge in [0.25, 0.3) is 5.91 Å². The first-order valence-corrected chi connectivity index (χ1v) is 6.86. The number of pyridine rings is 1. The maximum atomic E-state index is 12.4. The Morgan fingerprint density at radius 3 is 2.72 bits per heavy atom. The van der Waals surface area contributed by atoms with Crippen molar-refractivity contribution in [3.63, 3.8) is 0 Å². The van der Waals surface area contributed by atoms with Gasteiger partial charge in [0.15, 0.2) is 0 Å². The molecular weight excluding hydrogens is 248 g/mol. The summed E-state index contributed by atoms with van der Waals surface area (Å²) in [5.74, 6) is -0.00602. The Hall–Kier alpha value is -1.09. The molecule has 0 radical (unpaired) electrons. The van der Waals surface area contributed by atoms with Gasteiger partial charge in [-0.3, -0.25) is 9.78 Å². The number of amides is 1. The molecule has 0 bridgehead atoms. The molecule has 0 aliphatic heterocycles. The molecule has 0 fully saturated rings. The molecule has 1 amide bonds. The average molecular weight is 269 g/mol. The third-order valence-corrected chi connectivity index (χ3v) is 3.19. The van der Waals surface area contributed by atoms with Crippen LogP contribution in [0.15, 0.2) is 18.5 Å². The molecule has 1 rings (SSSR count). The first kappa shape index (κ1) is 15.0. The van der Waals surface area contributed by atoms with Gasteiger partial charge in [0.1, 0.15) is 0 Å². The van der Waals surface area contributed by atoms with E-state index in [2.05, 4.69) is 11.9 Å². The number of rotatable bonds is 6. The lowest BCUT2D eigenvalue weighted by atomic mass is 10.1. The van der Waals surface area contributed by atoms with Crippen LogP contribution < -0.4 is 0 Å². The van der Waals surface area contributed by atoms with Crippen molar-refractivity contribution < 1.29 is 4.79 Å². The van der Waals surface area contributed by atoms with E-state index in [0.29, 0.717) is 10.6 Å². The summed E-state index contributed by atoms with van der Waals surface area (Å²) in [6.07, 6.45) is 6.43. The van der Waals surface area contributed by atoms with Gasteiger partial charge in [-0.2, -0.15) is 0 Å². The van der Waals surface area contributed by atoms with Crippen molar-refractivity contribution in [3.8, 4) is 0 Å². The van der Waals surface area contributed by atoms with E-state index >= 15 is 0 Å². The van der Waals surface area contributed by atoms with Crippen molar-refractivity contribution in [2.45, 2.75) is 46.1 Å². The second-order valence-corrected chi connectivity index (χ2v) is 5.06. The molecule has 0 spiro atoms. The molecule has 1 aromatic heterocycles. The molecule has 0 saturated heterocycles. The Labute approximate surface area is 114 Å². The molecule has 0 N–H and O–H groups in total. The van der Waals surface area contributed by atoms with Crippen LogP contribution in [-0.2, 0) is 0 Å². The van der Waals surface area contributed by atoms with Gasteiger partial charge in [0, 0.05) is 25.0 Å². The van der Waals surface area contributed by atoms with Gasteiger partial charge in [-0.25, -0.2) is 0 Å². The Bertz CT molecular complexity index is 393. The lowest BCUT2D eigenvalue weighted by Crippen LogP contribution is -2.37. The average Bonchev–Trinajstić information content (AvgIpc) is 2.34. The molecule has 1 aromatic rings. The minimum Gasteiger partial charge on any atom is -0.336 e. The number of carbonyl (C=O) groups excluding carboxylic acids is 1. The third kappa shape index (κ3) is 3.98. The van der Waals surface area contributed by atoms with Gasteiger partial charge in [-0.15, -0.1) is 0 Å². The summed E-state index contributed by atoms with van der Waals surface area (Å²) in [7, 11) is 0. The fraction of sp³-hybridized carbons (Fsp3) is 0.571. The van der Waals surface area contributed by atoms with Crippen LogP contribution in [0.25, 0.3) is 0 Å². The highest BCUT2D eigenvalue weighted by molar-refractivity contribution is 6.33. The van der Waals surface area contributed by atoms with Gasteiger partial charge >= 0.3 is 0 Å². The van der Waals surface area contributed by atoms with Crippen LogP contribution in [0.5, 0.6) is 0 Å². The topological polar surface area (TPSA) is 33.2 Å². The van der Waals surface area contributed by atoms with Crippen molar-refractivity contribution in [2.75, 3.05) is 6.54 Å². The quantitative estimate of drug-likeness (QED) is 0.736. The van der Waals surface area contributed by atoms with Gasteiger partial charge in [-0.1, -0.05) is 31.4 Å². The van der Waals surface area contributed by atoms with Crippen LogP contribution in [0.1, 0.15) is 50.4 Å². The zero-order chi connectivity index (χ0) is 13.5. The van der Waals surface area contributed by atoms with Crippen molar-refractivity contribution in [1.82, 2.24) is 9.88 Å². The van der Waals surface area contributed by atoms with Gasteiger partial charge < -0.3 is 4.90 Å². The number of carbonyl (C=O) groups is 1. The lowest BCUT2D eigenvalue weighted by molar-refractivity contribution is 0.0702. The van der Waals surface area contributed by atoms with E-state index in [1.54, 1.807) is 12.3 Å². The smallest absolute Gasteiger partial charge is 0.255 e. The second-order valence-electron chi connectivity index (χ2n) is 4.65. The zero-order valence-electron chi connectivity index (χ0n) is 11.3. The SMILES string of the molecule is CCCCCN(C(=O)c1ccncc1Cl)C(C)C. The number of halogens is 1. The first-order valence-electron chi connectivity index (χ1n) is 6.48. The van der Waals surface area contributed by atoms with E-state index in [9.17, 15) is 4.79 Å². The summed E-state index contributed by atoms with van der Waals surface area (Å²) < 4.78 is 0. The van der Waals surface area contributed by atoms with Crippen molar-refractivity contribution >= 4 is 17.5 Å². The molecule has 0 aliphatic rings. The molecule has 18 heavy (non-hydrogen) atoms. The van der Waals surface area contributed by atoms with Crippen molar-refractivity contribution in [3.05, 3.63) is 29.0 Å². The van der Waals surface area contributed by atoms with E-state index in [1.807, 2.05) is 18.7 Å². The van der Waals surface area contributed by atoms with Crippen LogP contribution >= 0.6 is 11.6 Å². The highest BCUT2D eigenvalue weighted by atomic mass is 35.5. The van der Waals surface area contributed by atoms with Gasteiger partial charge in [-0.05, 0) is 26.3 Å². The molecule has 1 heterocycles. The molecule has 4 heteroatoms. The largest absolute Gasteiger partial charge is 0.336 e. The molecule has 0 unspecified atom stereocenters. The number of hydrogen-bond acceptors (Lipinski definition) is 2. The van der Waals surface area contributed by atoms with Crippen molar-refractivity contribution in [2.24, 2.45) is 0 Å². The van der Waals surface area contributed by atoms with Crippen molar-refractivity contribution in [1.29, 1.82) is 0 Å². The van der Waals surface area contributed by atoms with Crippen LogP contribution in [-0.4, -0.2) is 28.4 Å². The Morgan fingerprint density at radius 1 is 1.44 bits per heavy atom. The maximum absolute atomic E-state index is 12.4. The van der Waals surface area contributed by atoms with Crippen LogP contribution in [0.4, 0.5) is 0 Å². The van der Waals surface area contributed by atoms with Crippen LogP contribution in [0.3, 0.4) is 0 Å². The Morgan fingerprint density at radius 2 is 2.17 bits per heavy atom. The Kier molecular flexibility index (Phi) is 6.13. The summed E-state index contributed by atoms with van der Waals surface area (Å²) >= 11 is 6.02. The third-order valence-electron chi connectivity index (χ3n) is 2.89. The zero-order valence-corrected chi connectivity index (χ0v) is 12.1. The second kappa shape index (κ2) is 7.37. The minimum absolute atomic E-state index is 0.00602. The molecule has 100 valence electrons. The number of hydrogen-bond donors (Lipinski definition) is 0. The monoisotopic (exact) mass is 268 g/mol. The summed E-state index contributed by atoms with van der Waals surface area (Å²) in [4.78, 5) is 18.2. The van der Waals surface area contributed by atoms with E-state index in [4.69, 9.17) is 11.6 Å². The predicted molar refractivity (Wildman–Crippen MR) is 74.9 cm³/mol. The molecule has 0 aliphatic carbocycles. The number of nitrogens with zero attached hydrogens (tertiary/aromatic N) is 2. The summed E-state index contributed by atoms with van der Waals surface area (Å²) in [5.41, 5.74) is 0.539. The standard InChI is InChI=1S/C14H21ClN2O/c1-4-5-6-9-17(11(2)3)14(18)12-7-8-16-10-13(12)15/h7-8,10-11H,4-6,9H2,1-3H3. The van der Waals surface area contributed by atoms with Crippen LogP contribution in [0.2, 0.25) is 5.02 Å². The molecule has 3 nitrogen and oxygen atoms in total. The molecule has 0 saturated carbocycles. The fourth-order valence-electron chi connectivity index (χ4n) is 1.83. The maximum Gasteiger partial charge on any atom is 0.255 e. The van der Waals surface area contributed by atoms with Gasteiger partial charge in [0.05, 0.1) is 10.6 Å². The fourth-order valence-corrected chi connectivity index (χ4v) is 2.03. The van der Waals surface area contributed by atoms with E-state index in [0.717, 1.165) is 25.8 Å². The number of unbranched alkanes of at least 4 members (excludes halogenated alkanes) is 2. The Balaban J connectivity index is 2.80. The predicted octanol–water partition coefficient (Wildman–Crippen LogP) is 3.78. The van der Waals surface area contributed by atoms with E-state index < -0.39 is 0 Å². The minimum atomic E-state index is -0.00602. The molecule has 0 atom stereocenters. The van der Waals surface area contributed by atoms with E-state index in [1.165, 1.54) is 6.20 Å². The summed E-state index contributed by atoms with van der Waals surface area (Å²) in [5, 5.41) is 0.420. The van der Waals surface area contributed by atoms with Crippen LogP contribution in [0, 0.1) is 0 Å². The normalized spacial score (nSPS) is 10.7. The molecule has 0 aromatic carbocycles. The highest BCUT2D eigenvalue weighted by Gasteiger charge is 2.20. The number of aromatic nitrogens is 1. The lowest BCUT2D eigenvalue weighted by Gasteiger charge is -2.27. The molecular formula is C14H21ClN2O. The van der Waals surface area contributed by atoms with Gasteiger partial charge in [0.2, 0.25) is 0 Å².